The van der Waals surface area contributed by atoms with Gasteiger partial charge in [-0.15, -0.1) is 0 Å². The van der Waals surface area contributed by atoms with Gasteiger partial charge in [0.25, 0.3) is 0 Å². The van der Waals surface area contributed by atoms with Gasteiger partial charge < -0.3 is 5.73 Å². The number of nitrogens with zero attached hydrogens (tertiary/aromatic N) is 1. The number of benzene rings is 1. The third-order valence-corrected chi connectivity index (χ3v) is 1.73. The fraction of sp³-hybridized carbons (Fsp3) is 0.222. The van der Waals surface area contributed by atoms with Crippen LogP contribution in [0.3, 0.4) is 0 Å². The molecule has 0 saturated heterocycles. The Hall–Kier alpha value is -1.54. The number of halogens is 3. The number of nitrogens with two attached hydrogens (primary N) is 1. The van der Waals surface area contributed by atoms with E-state index in [0.717, 1.165) is 6.07 Å². The quantitative estimate of drug-likeness (QED) is 0.754. The highest BCUT2D eigenvalue weighted by Crippen LogP contribution is 2.30. The first-order valence-electron chi connectivity index (χ1n) is 3.77. The second-order valence-electron chi connectivity index (χ2n) is 2.76. The lowest BCUT2D eigenvalue weighted by Crippen LogP contribution is -2.28. The van der Waals surface area contributed by atoms with E-state index in [2.05, 4.69) is 0 Å². The Morgan fingerprint density at radius 1 is 1.36 bits per heavy atom. The monoisotopic (exact) mass is 200 g/mol. The zero-order chi connectivity index (χ0) is 10.8. The molecule has 14 heavy (non-hydrogen) atoms. The first-order valence-corrected chi connectivity index (χ1v) is 3.77. The van der Waals surface area contributed by atoms with Crippen molar-refractivity contribution in [2.24, 2.45) is 5.73 Å². The van der Waals surface area contributed by atoms with E-state index >= 15 is 0 Å². The van der Waals surface area contributed by atoms with Crippen LogP contribution in [0.1, 0.15) is 17.2 Å². The van der Waals surface area contributed by atoms with Gasteiger partial charge in [0.05, 0.1) is 11.6 Å². The summed E-state index contributed by atoms with van der Waals surface area (Å²) in [6.45, 7) is 0. The zero-order valence-corrected chi connectivity index (χ0v) is 7.05. The summed E-state index contributed by atoms with van der Waals surface area (Å²) >= 11 is 0. The van der Waals surface area contributed by atoms with Crippen LogP contribution in [0.25, 0.3) is 0 Å². The van der Waals surface area contributed by atoms with Crippen molar-refractivity contribution < 1.29 is 13.2 Å². The van der Waals surface area contributed by atoms with Crippen LogP contribution in [-0.4, -0.2) is 6.18 Å². The summed E-state index contributed by atoms with van der Waals surface area (Å²) in [4.78, 5) is 0. The van der Waals surface area contributed by atoms with Crippen LogP contribution in [0.4, 0.5) is 13.2 Å². The lowest BCUT2D eigenvalue weighted by molar-refractivity contribution is -0.149. The number of alkyl halides is 3. The van der Waals surface area contributed by atoms with Gasteiger partial charge in [-0.25, -0.2) is 0 Å². The van der Waals surface area contributed by atoms with E-state index in [1.54, 1.807) is 6.07 Å². The van der Waals surface area contributed by atoms with Gasteiger partial charge >= 0.3 is 6.18 Å². The highest BCUT2D eigenvalue weighted by atomic mass is 19.4. The van der Waals surface area contributed by atoms with Gasteiger partial charge in [0.2, 0.25) is 0 Å². The summed E-state index contributed by atoms with van der Waals surface area (Å²) < 4.78 is 36.5. The second kappa shape index (κ2) is 3.68. The van der Waals surface area contributed by atoms with Gasteiger partial charge in [-0.3, -0.25) is 0 Å². The minimum Gasteiger partial charge on any atom is -0.316 e. The van der Waals surface area contributed by atoms with Crippen LogP contribution in [0.15, 0.2) is 24.3 Å². The molecule has 0 radical (unpaired) electrons. The Labute approximate surface area is 78.8 Å². The molecule has 0 fully saturated rings. The molecule has 2 nitrogen and oxygen atoms in total. The Kier molecular flexibility index (Phi) is 2.77. The summed E-state index contributed by atoms with van der Waals surface area (Å²) in [5.41, 5.74) is 5.03. The van der Waals surface area contributed by atoms with Gasteiger partial charge in [0.15, 0.2) is 0 Å². The molecule has 0 aromatic heterocycles. The maximum Gasteiger partial charge on any atom is 0.407 e. The largest absolute Gasteiger partial charge is 0.407 e. The average molecular weight is 200 g/mol. The van der Waals surface area contributed by atoms with Crippen LogP contribution < -0.4 is 5.73 Å². The van der Waals surface area contributed by atoms with E-state index in [4.69, 9.17) is 11.0 Å². The summed E-state index contributed by atoms with van der Waals surface area (Å²) in [5.74, 6) is 0. The molecule has 0 aliphatic rings. The lowest BCUT2D eigenvalue weighted by atomic mass is 10.0. The van der Waals surface area contributed by atoms with Crippen molar-refractivity contribution in [1.82, 2.24) is 0 Å². The molecule has 0 aliphatic heterocycles. The molecule has 74 valence electrons. The average Bonchev–Trinajstić information content (AvgIpc) is 2.15. The van der Waals surface area contributed by atoms with Crippen molar-refractivity contribution in [3.8, 4) is 6.07 Å². The molecule has 1 unspecified atom stereocenters. The maximum atomic E-state index is 12.2. The molecule has 0 bridgehead atoms. The maximum absolute atomic E-state index is 12.2. The van der Waals surface area contributed by atoms with E-state index in [1.165, 1.54) is 18.2 Å². The molecule has 0 saturated carbocycles. The fourth-order valence-electron chi connectivity index (χ4n) is 0.991. The fourth-order valence-corrected chi connectivity index (χ4v) is 0.991. The van der Waals surface area contributed by atoms with E-state index in [-0.39, 0.29) is 11.1 Å². The number of hydrogen-bond donors (Lipinski definition) is 1. The first-order chi connectivity index (χ1) is 6.45. The molecular formula is C9H7F3N2. The summed E-state index contributed by atoms with van der Waals surface area (Å²) in [6.07, 6.45) is -4.48. The van der Waals surface area contributed by atoms with Gasteiger partial charge in [-0.2, -0.15) is 18.4 Å². The number of hydrogen-bond acceptors (Lipinski definition) is 2. The summed E-state index contributed by atoms with van der Waals surface area (Å²) in [6, 6.07) is 4.90. The third-order valence-electron chi connectivity index (χ3n) is 1.73. The van der Waals surface area contributed by atoms with E-state index in [9.17, 15) is 13.2 Å². The van der Waals surface area contributed by atoms with Crippen LogP contribution in [0, 0.1) is 11.3 Å². The standard InChI is InChI=1S/C9H7F3N2/c10-9(11,12)8(14)7-3-1-2-6(4-7)5-13/h1-4,8H,14H2. The number of rotatable bonds is 1. The van der Waals surface area contributed by atoms with Crippen LogP contribution >= 0.6 is 0 Å². The van der Waals surface area contributed by atoms with Gasteiger partial charge in [0.1, 0.15) is 6.04 Å². The smallest absolute Gasteiger partial charge is 0.316 e. The normalized spacial score (nSPS) is 13.4. The van der Waals surface area contributed by atoms with E-state index < -0.39 is 12.2 Å². The first kappa shape index (κ1) is 10.5. The highest BCUT2D eigenvalue weighted by molar-refractivity contribution is 5.34. The van der Waals surface area contributed by atoms with E-state index in [1.807, 2.05) is 0 Å². The molecule has 5 heteroatoms. The van der Waals surface area contributed by atoms with Crippen LogP contribution in [0.5, 0.6) is 0 Å². The van der Waals surface area contributed by atoms with Gasteiger partial charge in [0, 0.05) is 0 Å². The van der Waals surface area contributed by atoms with Crippen molar-refractivity contribution in [1.29, 1.82) is 5.26 Å². The molecule has 0 spiro atoms. The van der Waals surface area contributed by atoms with E-state index in [0.29, 0.717) is 0 Å². The Balaban J connectivity index is 3.03. The molecule has 0 aliphatic carbocycles. The molecule has 1 aromatic carbocycles. The van der Waals surface area contributed by atoms with Crippen molar-refractivity contribution in [3.63, 3.8) is 0 Å². The van der Waals surface area contributed by atoms with Crippen molar-refractivity contribution in [3.05, 3.63) is 35.4 Å². The Bertz CT molecular complexity index is 365. The zero-order valence-electron chi connectivity index (χ0n) is 7.05. The Morgan fingerprint density at radius 3 is 2.50 bits per heavy atom. The minimum atomic E-state index is -4.48. The summed E-state index contributed by atoms with van der Waals surface area (Å²) in [5, 5.41) is 8.47. The highest BCUT2D eigenvalue weighted by Gasteiger charge is 2.37. The molecule has 1 rings (SSSR count). The van der Waals surface area contributed by atoms with Gasteiger partial charge in [-0.05, 0) is 17.7 Å². The molecule has 1 atom stereocenters. The predicted molar refractivity (Wildman–Crippen MR) is 44.1 cm³/mol. The third kappa shape index (κ3) is 2.24. The molecule has 0 amide bonds. The van der Waals surface area contributed by atoms with Crippen LogP contribution in [0.2, 0.25) is 0 Å². The molecule has 1 aromatic rings. The minimum absolute atomic E-state index is 0.100. The lowest BCUT2D eigenvalue weighted by Gasteiger charge is -2.15. The molecule has 2 N–H and O–H groups in total. The van der Waals surface area contributed by atoms with Crippen LogP contribution in [-0.2, 0) is 0 Å². The predicted octanol–water partition coefficient (Wildman–Crippen LogP) is 2.12. The van der Waals surface area contributed by atoms with Crippen molar-refractivity contribution in [2.45, 2.75) is 12.2 Å². The molecule has 0 heterocycles. The Morgan fingerprint density at radius 2 is 2.00 bits per heavy atom. The number of nitriles is 1. The summed E-state index contributed by atoms with van der Waals surface area (Å²) in [7, 11) is 0. The SMILES string of the molecule is N#Cc1cccc(C(N)C(F)(F)F)c1. The topological polar surface area (TPSA) is 49.8 Å². The van der Waals surface area contributed by atoms with Gasteiger partial charge in [-0.1, -0.05) is 12.1 Å². The van der Waals surface area contributed by atoms with Crippen molar-refractivity contribution >= 4 is 0 Å². The second-order valence-corrected chi connectivity index (χ2v) is 2.76. The molecular weight excluding hydrogens is 193 g/mol. The van der Waals surface area contributed by atoms with Crippen molar-refractivity contribution in [2.75, 3.05) is 0 Å².